The second kappa shape index (κ2) is 4.46. The largest absolute Gasteiger partial charge is 0.391 e. The number of carbonyl (C=O) groups is 1. The molecule has 0 radical (unpaired) electrons. The lowest BCUT2D eigenvalue weighted by Crippen LogP contribution is -2.45. The molecule has 0 aliphatic heterocycles. The van der Waals surface area contributed by atoms with Crippen molar-refractivity contribution in [2.45, 2.75) is 31.3 Å². The Morgan fingerprint density at radius 1 is 1.17 bits per heavy atom. The average Bonchev–Trinajstić information content (AvgIpc) is 2.00. The highest BCUT2D eigenvalue weighted by atomic mass is 19.1. The quantitative estimate of drug-likeness (QED) is 0.375. The molecular weight excluding hydrogens is 171 g/mol. The lowest BCUT2D eigenvalue weighted by molar-refractivity contribution is -0.154. The molecule has 4 atom stereocenters. The number of hydrogen-bond acceptors (Lipinski definition) is 5. The summed E-state index contributed by atoms with van der Waals surface area (Å²) in [5.74, 6) is 0. The molecule has 0 aromatic heterocycles. The van der Waals surface area contributed by atoms with Gasteiger partial charge in [0, 0.05) is 0 Å². The van der Waals surface area contributed by atoms with Crippen molar-refractivity contribution in [1.82, 2.24) is 0 Å². The maximum atomic E-state index is 11.7. The summed E-state index contributed by atoms with van der Waals surface area (Å²) in [6.45, 7) is 1.13. The van der Waals surface area contributed by atoms with E-state index in [4.69, 9.17) is 20.4 Å². The normalized spacial score (nSPS) is 21.2. The Balaban J connectivity index is 4.18. The van der Waals surface area contributed by atoms with Gasteiger partial charge in [0.05, 0.1) is 6.10 Å². The van der Waals surface area contributed by atoms with Crippen LogP contribution in [0.4, 0.5) is 4.39 Å². The van der Waals surface area contributed by atoms with Crippen molar-refractivity contribution >= 4 is 6.04 Å². The van der Waals surface area contributed by atoms with Crippen LogP contribution in [0.25, 0.3) is 0 Å². The number of halogens is 1. The van der Waals surface area contributed by atoms with Crippen molar-refractivity contribution in [2.24, 2.45) is 0 Å². The summed E-state index contributed by atoms with van der Waals surface area (Å²) in [6, 6.07) is -2.15. The van der Waals surface area contributed by atoms with Gasteiger partial charge in [-0.2, -0.15) is 4.39 Å². The average molecular weight is 182 g/mol. The fourth-order valence-corrected chi connectivity index (χ4v) is 0.606. The zero-order valence-corrected chi connectivity index (χ0v) is 6.38. The zero-order valence-electron chi connectivity index (χ0n) is 6.38. The molecule has 0 heterocycles. The van der Waals surface area contributed by atoms with Gasteiger partial charge in [-0.3, -0.25) is 4.79 Å². The molecule has 0 aliphatic rings. The highest BCUT2D eigenvalue weighted by Crippen LogP contribution is 2.05. The Morgan fingerprint density at radius 2 is 1.58 bits per heavy atom. The topological polar surface area (TPSA) is 98.0 Å². The van der Waals surface area contributed by atoms with Gasteiger partial charge < -0.3 is 20.4 Å². The lowest BCUT2D eigenvalue weighted by Gasteiger charge is -2.21. The molecule has 0 saturated heterocycles. The van der Waals surface area contributed by atoms with Crippen LogP contribution in [-0.4, -0.2) is 50.9 Å². The summed E-state index contributed by atoms with van der Waals surface area (Å²) in [7, 11) is 0. The molecule has 0 aromatic carbocycles. The Morgan fingerprint density at radius 3 is 1.83 bits per heavy atom. The summed E-state index contributed by atoms with van der Waals surface area (Å²) in [5, 5.41) is 34.9. The van der Waals surface area contributed by atoms with Crippen LogP contribution in [0, 0.1) is 0 Å². The Kier molecular flexibility index (Phi) is 4.25. The predicted octanol–water partition coefficient (Wildman–Crippen LogP) is -2.05. The van der Waals surface area contributed by atoms with Gasteiger partial charge in [-0.25, -0.2) is 0 Å². The van der Waals surface area contributed by atoms with Gasteiger partial charge in [0.15, 0.2) is 6.10 Å². The number of aliphatic hydroxyl groups excluding tert-OH is 4. The molecule has 0 amide bonds. The summed E-state index contributed by atoms with van der Waals surface area (Å²) < 4.78 is 11.7. The van der Waals surface area contributed by atoms with Crippen LogP contribution in [0.5, 0.6) is 0 Å². The molecule has 0 fully saturated rings. The summed E-state index contributed by atoms with van der Waals surface area (Å²) in [4.78, 5) is 9.84. The summed E-state index contributed by atoms with van der Waals surface area (Å²) in [6.07, 6.45) is -7.43. The standard InChI is InChI=1S/C6H11FO5/c1-2(8)3(9)4(10)5(11)6(7)12/h2-5,8-11H,1H3/t2-,3+,4+,5-/m1/s1. The minimum Gasteiger partial charge on any atom is -0.391 e. The molecule has 0 rings (SSSR count). The first kappa shape index (κ1) is 11.4. The van der Waals surface area contributed by atoms with E-state index in [1.807, 2.05) is 0 Å². The van der Waals surface area contributed by atoms with E-state index in [0.717, 1.165) is 6.92 Å². The molecular formula is C6H11FO5. The molecule has 5 nitrogen and oxygen atoms in total. The molecule has 0 saturated carbocycles. The van der Waals surface area contributed by atoms with E-state index in [9.17, 15) is 9.18 Å². The maximum absolute atomic E-state index is 11.7. The smallest absolute Gasteiger partial charge is 0.332 e. The minimum absolute atomic E-state index is 1.13. The van der Waals surface area contributed by atoms with E-state index in [1.54, 1.807) is 0 Å². The van der Waals surface area contributed by atoms with Gasteiger partial charge >= 0.3 is 6.04 Å². The third-order valence-electron chi connectivity index (χ3n) is 1.40. The van der Waals surface area contributed by atoms with Gasteiger partial charge in [-0.1, -0.05) is 0 Å². The number of rotatable bonds is 4. The van der Waals surface area contributed by atoms with Crippen LogP contribution in [0.2, 0.25) is 0 Å². The highest BCUT2D eigenvalue weighted by Gasteiger charge is 2.32. The third-order valence-corrected chi connectivity index (χ3v) is 1.40. The monoisotopic (exact) mass is 182 g/mol. The third kappa shape index (κ3) is 2.82. The van der Waals surface area contributed by atoms with Crippen LogP contribution in [-0.2, 0) is 4.79 Å². The molecule has 4 N–H and O–H groups in total. The van der Waals surface area contributed by atoms with Gasteiger partial charge in [0.2, 0.25) is 0 Å². The van der Waals surface area contributed by atoms with Crippen molar-refractivity contribution in [3.63, 3.8) is 0 Å². The second-order valence-corrected chi connectivity index (χ2v) is 2.47. The Bertz CT molecular complexity index is 160. The summed E-state index contributed by atoms with van der Waals surface area (Å²) in [5.41, 5.74) is 0. The van der Waals surface area contributed by atoms with Crippen molar-refractivity contribution in [3.8, 4) is 0 Å². The van der Waals surface area contributed by atoms with Gasteiger partial charge in [0.1, 0.15) is 12.2 Å². The number of aliphatic hydroxyl groups is 4. The first-order valence-electron chi connectivity index (χ1n) is 3.29. The van der Waals surface area contributed by atoms with Crippen LogP contribution in [0.1, 0.15) is 6.92 Å². The maximum Gasteiger partial charge on any atom is 0.332 e. The lowest BCUT2D eigenvalue weighted by atomic mass is 10.0. The Hall–Kier alpha value is -0.560. The van der Waals surface area contributed by atoms with E-state index < -0.39 is 30.5 Å². The molecule has 0 bridgehead atoms. The predicted molar refractivity (Wildman–Crippen MR) is 35.8 cm³/mol. The SMILES string of the molecule is C[C@@H](O)[C@H](O)[C@H](O)[C@@H](O)C(=O)F. The van der Waals surface area contributed by atoms with Crippen molar-refractivity contribution in [1.29, 1.82) is 0 Å². The second-order valence-electron chi connectivity index (χ2n) is 2.47. The molecule has 0 aliphatic carbocycles. The molecule has 72 valence electrons. The molecule has 12 heavy (non-hydrogen) atoms. The molecule has 0 unspecified atom stereocenters. The van der Waals surface area contributed by atoms with E-state index in [1.165, 1.54) is 0 Å². The highest BCUT2D eigenvalue weighted by molar-refractivity contribution is 5.73. The van der Waals surface area contributed by atoms with E-state index in [0.29, 0.717) is 0 Å². The van der Waals surface area contributed by atoms with Crippen LogP contribution >= 0.6 is 0 Å². The fraction of sp³-hybridized carbons (Fsp3) is 0.833. The zero-order chi connectivity index (χ0) is 9.89. The van der Waals surface area contributed by atoms with Crippen molar-refractivity contribution in [3.05, 3.63) is 0 Å². The Labute approximate surface area is 68.1 Å². The fourth-order valence-electron chi connectivity index (χ4n) is 0.606. The van der Waals surface area contributed by atoms with E-state index in [-0.39, 0.29) is 0 Å². The van der Waals surface area contributed by atoms with Crippen LogP contribution < -0.4 is 0 Å². The molecule has 0 spiro atoms. The minimum atomic E-state index is -2.31. The van der Waals surface area contributed by atoms with Crippen LogP contribution in [0.3, 0.4) is 0 Å². The van der Waals surface area contributed by atoms with Gasteiger partial charge in [-0.15, -0.1) is 0 Å². The van der Waals surface area contributed by atoms with E-state index >= 15 is 0 Å². The van der Waals surface area contributed by atoms with Crippen LogP contribution in [0.15, 0.2) is 0 Å². The van der Waals surface area contributed by atoms with Gasteiger partial charge in [-0.05, 0) is 6.92 Å². The molecule has 6 heteroatoms. The van der Waals surface area contributed by atoms with Gasteiger partial charge in [0.25, 0.3) is 0 Å². The summed E-state index contributed by atoms with van der Waals surface area (Å²) >= 11 is 0. The number of hydrogen-bond donors (Lipinski definition) is 4. The number of carbonyl (C=O) groups excluding carboxylic acids is 1. The van der Waals surface area contributed by atoms with E-state index in [2.05, 4.69) is 0 Å². The molecule has 0 aromatic rings. The first-order chi connectivity index (χ1) is 5.37. The van der Waals surface area contributed by atoms with Crippen molar-refractivity contribution < 1.29 is 29.6 Å². The van der Waals surface area contributed by atoms with Crippen molar-refractivity contribution in [2.75, 3.05) is 0 Å². The first-order valence-corrected chi connectivity index (χ1v) is 3.29.